The van der Waals surface area contributed by atoms with E-state index in [-0.39, 0.29) is 0 Å². The number of aromatic nitrogens is 2. The van der Waals surface area contributed by atoms with Gasteiger partial charge in [0.2, 0.25) is 5.69 Å². The summed E-state index contributed by atoms with van der Waals surface area (Å²) >= 11 is 0. The maximum atomic E-state index is 4.41. The van der Waals surface area contributed by atoms with Gasteiger partial charge in [0.15, 0.2) is 6.20 Å². The molecule has 0 radical (unpaired) electrons. The van der Waals surface area contributed by atoms with Gasteiger partial charge in [-0.1, -0.05) is 17.7 Å². The van der Waals surface area contributed by atoms with Gasteiger partial charge < -0.3 is 0 Å². The molecule has 0 amide bonds. The fourth-order valence-electron chi connectivity index (χ4n) is 2.74. The number of hydrogen-bond donors (Lipinski definition) is 0. The number of rotatable bonds is 1. The van der Waals surface area contributed by atoms with Crippen LogP contribution in [-0.2, 0) is 7.05 Å². The minimum Gasteiger partial charge on any atom is -0.250 e. The van der Waals surface area contributed by atoms with E-state index in [1.807, 2.05) is 12.3 Å². The van der Waals surface area contributed by atoms with Crippen LogP contribution in [-0.4, -0.2) is 4.98 Å². The fourth-order valence-corrected chi connectivity index (χ4v) is 2.74. The van der Waals surface area contributed by atoms with Crippen molar-refractivity contribution in [3.63, 3.8) is 0 Å². The largest absolute Gasteiger partial charge is 0.250 e. The molecule has 0 unspecified atom stereocenters. The number of hydrogen-bond acceptors (Lipinski definition) is 1. The Morgan fingerprint density at radius 1 is 1.05 bits per heavy atom. The second-order valence-electron chi connectivity index (χ2n) is 5.50. The highest BCUT2D eigenvalue weighted by Gasteiger charge is 2.15. The van der Waals surface area contributed by atoms with Gasteiger partial charge in [-0.25, -0.2) is 4.98 Å². The van der Waals surface area contributed by atoms with E-state index in [2.05, 4.69) is 67.8 Å². The Morgan fingerprint density at radius 3 is 2.65 bits per heavy atom. The zero-order valence-corrected chi connectivity index (χ0v) is 12.4. The van der Waals surface area contributed by atoms with Gasteiger partial charge >= 0.3 is 0 Å². The first-order valence-corrected chi connectivity index (χ1v) is 6.89. The van der Waals surface area contributed by atoms with Crippen LogP contribution in [0.4, 0.5) is 0 Å². The Bertz CT molecular complexity index is 804. The monoisotopic (exact) mass is 263 g/mol. The highest BCUT2D eigenvalue weighted by atomic mass is 14.9. The third-order valence-corrected chi connectivity index (χ3v) is 3.95. The second-order valence-corrected chi connectivity index (χ2v) is 5.50. The first-order valence-electron chi connectivity index (χ1n) is 6.89. The normalized spacial score (nSPS) is 11.0. The Hall–Kier alpha value is -2.22. The van der Waals surface area contributed by atoms with E-state index in [9.17, 15) is 0 Å². The molecule has 3 rings (SSSR count). The van der Waals surface area contributed by atoms with Gasteiger partial charge in [-0.3, -0.25) is 0 Å². The summed E-state index contributed by atoms with van der Waals surface area (Å²) in [6.07, 6.45) is 3.94. The van der Waals surface area contributed by atoms with Crippen LogP contribution in [0.2, 0.25) is 0 Å². The zero-order chi connectivity index (χ0) is 14.3. The molecule has 3 aromatic rings. The van der Waals surface area contributed by atoms with Crippen molar-refractivity contribution in [2.45, 2.75) is 20.8 Å². The lowest BCUT2D eigenvalue weighted by Gasteiger charge is -2.09. The topological polar surface area (TPSA) is 16.8 Å². The van der Waals surface area contributed by atoms with Gasteiger partial charge in [0.05, 0.1) is 0 Å². The van der Waals surface area contributed by atoms with Crippen LogP contribution in [0.15, 0.2) is 42.7 Å². The van der Waals surface area contributed by atoms with Crippen LogP contribution >= 0.6 is 0 Å². The van der Waals surface area contributed by atoms with Crippen molar-refractivity contribution in [1.82, 2.24) is 4.98 Å². The van der Waals surface area contributed by atoms with Gasteiger partial charge in [-0.2, -0.15) is 4.57 Å². The number of nitrogens with zero attached hydrogens (tertiary/aromatic N) is 2. The van der Waals surface area contributed by atoms with Crippen molar-refractivity contribution in [3.8, 4) is 11.3 Å². The molecule has 2 heteroatoms. The van der Waals surface area contributed by atoms with Crippen molar-refractivity contribution >= 4 is 10.9 Å². The average molecular weight is 263 g/mol. The van der Waals surface area contributed by atoms with Crippen molar-refractivity contribution in [1.29, 1.82) is 0 Å². The molecule has 0 atom stereocenters. The molecule has 0 fully saturated rings. The first kappa shape index (κ1) is 12.8. The van der Waals surface area contributed by atoms with Crippen LogP contribution in [0.5, 0.6) is 0 Å². The molecule has 0 bridgehead atoms. The van der Waals surface area contributed by atoms with Gasteiger partial charge in [-0.05, 0) is 44.0 Å². The summed E-state index contributed by atoms with van der Waals surface area (Å²) in [6.45, 7) is 6.52. The Balaban J connectivity index is 2.32. The Labute approximate surface area is 119 Å². The van der Waals surface area contributed by atoms with Crippen molar-refractivity contribution < 1.29 is 4.57 Å². The molecule has 0 aliphatic carbocycles. The number of pyridine rings is 2. The van der Waals surface area contributed by atoms with E-state index in [1.165, 1.54) is 33.3 Å². The summed E-state index contributed by atoms with van der Waals surface area (Å²) in [7, 11) is 2.08. The zero-order valence-electron chi connectivity index (χ0n) is 12.4. The lowest BCUT2D eigenvalue weighted by molar-refractivity contribution is -0.659. The predicted octanol–water partition coefficient (Wildman–Crippen LogP) is 3.65. The summed E-state index contributed by atoms with van der Waals surface area (Å²) in [4.78, 5) is 4.41. The predicted molar refractivity (Wildman–Crippen MR) is 82.6 cm³/mol. The molecule has 100 valence electrons. The highest BCUT2D eigenvalue weighted by molar-refractivity contribution is 5.81. The molecule has 0 spiro atoms. The van der Waals surface area contributed by atoms with E-state index < -0.39 is 0 Å². The van der Waals surface area contributed by atoms with Crippen LogP contribution in [0.25, 0.3) is 22.2 Å². The highest BCUT2D eigenvalue weighted by Crippen LogP contribution is 2.26. The van der Waals surface area contributed by atoms with E-state index >= 15 is 0 Å². The summed E-state index contributed by atoms with van der Waals surface area (Å²) in [5.74, 6) is 0. The molecule has 0 saturated carbocycles. The summed E-state index contributed by atoms with van der Waals surface area (Å²) in [6, 6.07) is 10.8. The molecule has 0 N–H and O–H groups in total. The second kappa shape index (κ2) is 4.71. The van der Waals surface area contributed by atoms with Gasteiger partial charge in [0.25, 0.3) is 0 Å². The van der Waals surface area contributed by atoms with Gasteiger partial charge in [0.1, 0.15) is 12.6 Å². The molecule has 0 aliphatic rings. The Morgan fingerprint density at radius 2 is 1.85 bits per heavy atom. The SMILES string of the molecule is Cc1cc(C)c(C)c(-c2cc3cccnc3c[n+]2C)c1. The van der Waals surface area contributed by atoms with E-state index in [0.717, 1.165) is 5.52 Å². The third kappa shape index (κ3) is 2.07. The lowest BCUT2D eigenvalue weighted by Crippen LogP contribution is -2.30. The number of benzene rings is 1. The quantitative estimate of drug-likeness (QED) is 0.612. The molecule has 1 aromatic carbocycles. The summed E-state index contributed by atoms with van der Waals surface area (Å²) < 4.78 is 2.16. The fraction of sp³-hybridized carbons (Fsp3) is 0.222. The standard InChI is InChI=1S/C18H19N2/c1-12-8-13(2)14(3)16(9-12)18-10-15-6-5-7-19-17(15)11-20(18)4/h5-11H,1-4H3/q+1. The van der Waals surface area contributed by atoms with E-state index in [0.29, 0.717) is 0 Å². The van der Waals surface area contributed by atoms with Crippen molar-refractivity contribution in [3.05, 3.63) is 59.4 Å². The number of fused-ring (bicyclic) bond motifs is 1. The third-order valence-electron chi connectivity index (χ3n) is 3.95. The lowest BCUT2D eigenvalue weighted by atomic mass is 9.97. The Kier molecular flexibility index (Phi) is 3.01. The van der Waals surface area contributed by atoms with Crippen molar-refractivity contribution in [2.24, 2.45) is 7.05 Å². The van der Waals surface area contributed by atoms with Gasteiger partial charge in [0, 0.05) is 23.2 Å². The molecule has 2 heterocycles. The average Bonchev–Trinajstić information content (AvgIpc) is 2.42. The molecule has 2 aromatic heterocycles. The molecule has 20 heavy (non-hydrogen) atoms. The van der Waals surface area contributed by atoms with E-state index in [1.54, 1.807) is 0 Å². The minimum atomic E-state index is 1.03. The van der Waals surface area contributed by atoms with Crippen LogP contribution in [0.3, 0.4) is 0 Å². The van der Waals surface area contributed by atoms with Gasteiger partial charge in [-0.15, -0.1) is 0 Å². The smallest absolute Gasteiger partial charge is 0.213 e. The summed E-state index contributed by atoms with van der Waals surface area (Å²) in [5, 5.41) is 1.18. The van der Waals surface area contributed by atoms with Crippen molar-refractivity contribution in [2.75, 3.05) is 0 Å². The molecule has 0 aliphatic heterocycles. The summed E-state index contributed by atoms with van der Waals surface area (Å²) in [5.41, 5.74) is 7.54. The van der Waals surface area contributed by atoms with E-state index in [4.69, 9.17) is 0 Å². The maximum absolute atomic E-state index is 4.41. The van der Waals surface area contributed by atoms with Crippen LogP contribution in [0, 0.1) is 20.8 Å². The minimum absolute atomic E-state index is 1.03. The molecule has 2 nitrogen and oxygen atoms in total. The molecule has 0 saturated heterocycles. The van der Waals surface area contributed by atoms with Crippen LogP contribution < -0.4 is 4.57 Å². The maximum Gasteiger partial charge on any atom is 0.213 e. The molecular formula is C18H19N2+. The number of aryl methyl sites for hydroxylation is 3. The molecular weight excluding hydrogens is 244 g/mol. The van der Waals surface area contributed by atoms with Crippen LogP contribution in [0.1, 0.15) is 16.7 Å². The first-order chi connectivity index (χ1) is 9.56.